The molecule has 4 aromatic rings. The Morgan fingerprint density at radius 1 is 0.649 bits per heavy atom. The van der Waals surface area contributed by atoms with Crippen molar-refractivity contribution in [3.63, 3.8) is 0 Å². The zero-order valence-electron chi connectivity index (χ0n) is 19.6. The van der Waals surface area contributed by atoms with Gasteiger partial charge in [-0.3, -0.25) is 0 Å². The molecule has 0 amide bonds. The number of aromatic hydroxyl groups is 1. The lowest BCUT2D eigenvalue weighted by Crippen LogP contribution is -2.00. The minimum absolute atomic E-state index is 0.111. The van der Waals surface area contributed by atoms with E-state index in [-0.39, 0.29) is 15.8 Å². The molecule has 0 fully saturated rings. The molecule has 0 unspecified atom stereocenters. The Kier molecular flexibility index (Phi) is 8.83. The van der Waals surface area contributed by atoms with Crippen LogP contribution in [0, 0.1) is 3.57 Å². The topological polar surface area (TPSA) is 47.9 Å². The molecule has 1 N–H and O–H groups in total. The van der Waals surface area contributed by atoms with Gasteiger partial charge in [-0.25, -0.2) is 0 Å². The molecule has 0 radical (unpaired) electrons. The van der Waals surface area contributed by atoms with E-state index in [9.17, 15) is 5.11 Å². The van der Waals surface area contributed by atoms with Gasteiger partial charge in [0.05, 0.1) is 47.0 Å². The van der Waals surface area contributed by atoms with Gasteiger partial charge in [0, 0.05) is 37.4 Å². The van der Waals surface area contributed by atoms with Gasteiger partial charge in [0.1, 0.15) is 23.0 Å². The molecule has 0 atom stereocenters. The fourth-order valence-electron chi connectivity index (χ4n) is 4.07. The highest BCUT2D eigenvalue weighted by Crippen LogP contribution is 2.53. The number of phenols is 1. The van der Waals surface area contributed by atoms with Crippen LogP contribution in [-0.2, 0) is 0 Å². The van der Waals surface area contributed by atoms with Crippen molar-refractivity contribution in [3.8, 4) is 56.4 Å². The van der Waals surface area contributed by atoms with Crippen LogP contribution in [-0.4, -0.2) is 26.4 Å². The molecule has 4 nitrogen and oxygen atoms in total. The third-order valence-corrected chi connectivity index (χ3v) is 8.31. The van der Waals surface area contributed by atoms with Gasteiger partial charge < -0.3 is 19.3 Å². The molecule has 4 rings (SSSR count). The number of hydrogen-bond acceptors (Lipinski definition) is 4. The van der Waals surface area contributed by atoms with E-state index in [0.717, 1.165) is 9.13 Å². The lowest BCUT2D eigenvalue weighted by Gasteiger charge is -2.23. The minimum atomic E-state index is -0.127. The third kappa shape index (κ3) is 5.40. The van der Waals surface area contributed by atoms with Crippen molar-refractivity contribution in [2.45, 2.75) is 0 Å². The SMILES string of the molecule is COc1cc(OC)c(-c2c(-c3cc(Cl)cc(Cl)c3O)ccc(I)c2-c2cc(Cl)c(Cl)c(Cl)c2)c(OC)c1. The van der Waals surface area contributed by atoms with Crippen LogP contribution in [0.15, 0.2) is 48.5 Å². The highest BCUT2D eigenvalue weighted by atomic mass is 127. The van der Waals surface area contributed by atoms with Crippen molar-refractivity contribution in [1.29, 1.82) is 0 Å². The van der Waals surface area contributed by atoms with Crippen LogP contribution < -0.4 is 14.2 Å². The van der Waals surface area contributed by atoms with Crippen LogP contribution in [0.2, 0.25) is 25.1 Å². The second-order valence-corrected chi connectivity index (χ2v) is 11.0. The van der Waals surface area contributed by atoms with Crippen molar-refractivity contribution < 1.29 is 19.3 Å². The Hall–Kier alpha value is -1.74. The summed E-state index contributed by atoms with van der Waals surface area (Å²) in [7, 11) is 4.66. The molecule has 0 aliphatic heterocycles. The Morgan fingerprint density at radius 2 is 1.24 bits per heavy atom. The molecule has 0 aliphatic rings. The van der Waals surface area contributed by atoms with Crippen molar-refractivity contribution in [3.05, 3.63) is 77.2 Å². The van der Waals surface area contributed by atoms with Crippen LogP contribution in [0.1, 0.15) is 0 Å². The molecule has 37 heavy (non-hydrogen) atoms. The van der Waals surface area contributed by atoms with E-state index >= 15 is 0 Å². The molecule has 0 saturated heterocycles. The van der Waals surface area contributed by atoms with E-state index in [4.69, 9.17) is 72.2 Å². The zero-order valence-corrected chi connectivity index (χ0v) is 25.5. The average Bonchev–Trinajstić information content (AvgIpc) is 2.88. The van der Waals surface area contributed by atoms with Crippen molar-refractivity contribution in [1.82, 2.24) is 0 Å². The summed E-state index contributed by atoms with van der Waals surface area (Å²) in [4.78, 5) is 0. The maximum Gasteiger partial charge on any atom is 0.142 e. The van der Waals surface area contributed by atoms with E-state index < -0.39 is 0 Å². The summed E-state index contributed by atoms with van der Waals surface area (Å²) in [6.07, 6.45) is 0. The largest absolute Gasteiger partial charge is 0.506 e. The van der Waals surface area contributed by atoms with E-state index in [1.165, 1.54) is 6.07 Å². The molecule has 0 spiro atoms. The molecule has 0 aromatic heterocycles. The van der Waals surface area contributed by atoms with E-state index in [1.807, 2.05) is 12.1 Å². The molecule has 0 saturated carbocycles. The summed E-state index contributed by atoms with van der Waals surface area (Å²) >= 11 is 34.1. The number of methoxy groups -OCH3 is 3. The van der Waals surface area contributed by atoms with Gasteiger partial charge in [-0.15, -0.1) is 0 Å². The quantitative estimate of drug-likeness (QED) is 0.160. The standard InChI is InChI=1S/C27H18Cl5IO4/c1-35-14-10-21(36-2)25(22(11-14)37-3)24-15(16-8-13(28)9-19(31)27(16)34)4-5-20(33)23(24)12-6-17(29)26(32)18(30)7-12/h4-11,34H,1-3H3. The first-order valence-electron chi connectivity index (χ1n) is 10.6. The van der Waals surface area contributed by atoms with Crippen molar-refractivity contribution in [2.75, 3.05) is 21.3 Å². The fourth-order valence-corrected chi connectivity index (χ4v) is 5.92. The van der Waals surface area contributed by atoms with Crippen molar-refractivity contribution in [2.24, 2.45) is 0 Å². The fraction of sp³-hybridized carbons (Fsp3) is 0.111. The number of ether oxygens (including phenoxy) is 3. The van der Waals surface area contributed by atoms with Crippen molar-refractivity contribution >= 4 is 80.6 Å². The van der Waals surface area contributed by atoms with E-state index in [1.54, 1.807) is 51.7 Å². The molecule has 0 heterocycles. The zero-order chi connectivity index (χ0) is 27.0. The van der Waals surface area contributed by atoms with Gasteiger partial charge in [0.25, 0.3) is 0 Å². The van der Waals surface area contributed by atoms with Crippen LogP contribution in [0.4, 0.5) is 0 Å². The average molecular weight is 711 g/mol. The lowest BCUT2D eigenvalue weighted by molar-refractivity contribution is 0.377. The van der Waals surface area contributed by atoms with Gasteiger partial charge in [-0.1, -0.05) is 64.1 Å². The summed E-state index contributed by atoms with van der Waals surface area (Å²) in [5.74, 6) is 1.36. The Morgan fingerprint density at radius 3 is 1.78 bits per heavy atom. The second kappa shape index (κ2) is 11.6. The monoisotopic (exact) mass is 708 g/mol. The van der Waals surface area contributed by atoms with Crippen LogP contribution in [0.3, 0.4) is 0 Å². The van der Waals surface area contributed by atoms with E-state index in [0.29, 0.717) is 60.1 Å². The maximum absolute atomic E-state index is 11.0. The number of rotatable bonds is 6. The highest BCUT2D eigenvalue weighted by molar-refractivity contribution is 14.1. The predicted octanol–water partition coefficient (Wildman–Crippen LogP) is 10.3. The molecule has 0 bridgehead atoms. The van der Waals surface area contributed by atoms with Gasteiger partial charge in [0.2, 0.25) is 0 Å². The molecule has 10 heteroatoms. The number of halogens is 6. The number of phenolic OH excluding ortho intramolecular Hbond substituents is 1. The summed E-state index contributed by atoms with van der Waals surface area (Å²) < 4.78 is 17.9. The Labute approximate surface area is 253 Å². The molecular weight excluding hydrogens is 692 g/mol. The van der Waals surface area contributed by atoms with Crippen LogP contribution in [0.5, 0.6) is 23.0 Å². The second-order valence-electron chi connectivity index (χ2n) is 7.79. The van der Waals surface area contributed by atoms with Crippen LogP contribution in [0.25, 0.3) is 33.4 Å². The third-order valence-electron chi connectivity index (χ3n) is 5.71. The van der Waals surface area contributed by atoms with Gasteiger partial charge in [-0.2, -0.15) is 0 Å². The summed E-state index contributed by atoms with van der Waals surface area (Å²) in [5.41, 5.74) is 3.72. The number of benzene rings is 4. The first-order valence-corrected chi connectivity index (χ1v) is 13.5. The first kappa shape index (κ1) is 28.3. The number of hydrogen-bond donors (Lipinski definition) is 1. The minimum Gasteiger partial charge on any atom is -0.506 e. The highest BCUT2D eigenvalue weighted by Gasteiger charge is 2.27. The molecule has 0 aliphatic carbocycles. The first-order chi connectivity index (χ1) is 17.6. The van der Waals surface area contributed by atoms with Crippen LogP contribution >= 0.6 is 80.6 Å². The van der Waals surface area contributed by atoms with Gasteiger partial charge >= 0.3 is 0 Å². The molecule has 192 valence electrons. The summed E-state index contributed by atoms with van der Waals surface area (Å²) in [6, 6.07) is 13.8. The van der Waals surface area contributed by atoms with Gasteiger partial charge in [-0.05, 0) is 64.0 Å². The Bertz CT molecular complexity index is 1480. The Balaban J connectivity index is 2.25. The smallest absolute Gasteiger partial charge is 0.142 e. The van der Waals surface area contributed by atoms with E-state index in [2.05, 4.69) is 22.6 Å². The maximum atomic E-state index is 11.0. The lowest BCUT2D eigenvalue weighted by atomic mass is 9.86. The summed E-state index contributed by atoms with van der Waals surface area (Å²) in [6.45, 7) is 0. The normalized spacial score (nSPS) is 10.9. The molecule has 4 aromatic carbocycles. The van der Waals surface area contributed by atoms with Gasteiger partial charge in [0.15, 0.2) is 0 Å². The summed E-state index contributed by atoms with van der Waals surface area (Å²) in [5, 5.41) is 12.3. The predicted molar refractivity (Wildman–Crippen MR) is 162 cm³/mol. The molecular formula is C27H18Cl5IO4.